The van der Waals surface area contributed by atoms with Crippen molar-refractivity contribution >= 4 is 23.3 Å². The van der Waals surface area contributed by atoms with Crippen LogP contribution in [0.2, 0.25) is 5.02 Å². The molecule has 2 atom stereocenters. The van der Waals surface area contributed by atoms with Gasteiger partial charge in [-0.05, 0) is 49.6 Å². The van der Waals surface area contributed by atoms with E-state index in [0.717, 1.165) is 17.7 Å². The van der Waals surface area contributed by atoms with Gasteiger partial charge in [0.15, 0.2) is 0 Å². The van der Waals surface area contributed by atoms with Gasteiger partial charge in [0, 0.05) is 79.8 Å². The van der Waals surface area contributed by atoms with Crippen LogP contribution in [0.5, 0.6) is 0 Å². The number of aliphatic imine (C=N–C) groups is 1. The van der Waals surface area contributed by atoms with Gasteiger partial charge in [0.05, 0.1) is 6.07 Å². The van der Waals surface area contributed by atoms with E-state index in [4.69, 9.17) is 11.6 Å². The number of hydrogen-bond acceptors (Lipinski definition) is 6. The Labute approximate surface area is 231 Å². The summed E-state index contributed by atoms with van der Waals surface area (Å²) in [5, 5.41) is 10.1. The first kappa shape index (κ1) is 27.3. The maximum atomic E-state index is 14.0. The summed E-state index contributed by atoms with van der Waals surface area (Å²) in [5.74, 6) is 0.266. The molecule has 1 aromatic carbocycles. The fraction of sp³-hybridized carbons (Fsp3) is 0.464. The van der Waals surface area contributed by atoms with E-state index >= 15 is 0 Å². The van der Waals surface area contributed by atoms with Crippen LogP contribution in [0.4, 0.5) is 13.2 Å². The minimum atomic E-state index is -4.54. The van der Waals surface area contributed by atoms with Crippen LogP contribution in [0, 0.1) is 11.3 Å². The molecule has 1 aromatic rings. The summed E-state index contributed by atoms with van der Waals surface area (Å²) >= 11 is 5.95. The van der Waals surface area contributed by atoms with Crippen LogP contribution < -0.4 is 0 Å². The molecule has 206 valence electrons. The lowest BCUT2D eigenvalue weighted by molar-refractivity contribution is -0.174. The van der Waals surface area contributed by atoms with Crippen LogP contribution in [0.15, 0.2) is 64.3 Å². The molecule has 1 amide bonds. The lowest BCUT2D eigenvalue weighted by Crippen LogP contribution is -2.57. The Hall–Kier alpha value is -3.29. The first-order valence-corrected chi connectivity index (χ1v) is 13.5. The van der Waals surface area contributed by atoms with Gasteiger partial charge in [-0.2, -0.15) is 18.4 Å². The molecule has 7 nitrogen and oxygen atoms in total. The number of benzene rings is 1. The molecular weight excluding hydrogens is 529 g/mol. The van der Waals surface area contributed by atoms with Crippen molar-refractivity contribution in [2.75, 3.05) is 46.3 Å². The first-order chi connectivity index (χ1) is 18.7. The predicted molar refractivity (Wildman–Crippen MR) is 143 cm³/mol. The number of hydrogen-bond donors (Lipinski definition) is 0. The number of carbonyl (C=O) groups excluding carboxylic acids is 1. The van der Waals surface area contributed by atoms with E-state index in [-0.39, 0.29) is 11.9 Å². The van der Waals surface area contributed by atoms with Crippen LogP contribution >= 0.6 is 11.6 Å². The highest BCUT2D eigenvalue weighted by Gasteiger charge is 2.47. The number of amides is 1. The number of allylic oxidation sites excluding steroid dienone is 4. The number of halogens is 4. The van der Waals surface area contributed by atoms with Gasteiger partial charge in [-0.1, -0.05) is 23.8 Å². The molecule has 1 unspecified atom stereocenters. The van der Waals surface area contributed by atoms with Gasteiger partial charge in [-0.3, -0.25) is 9.69 Å². The Morgan fingerprint density at radius 3 is 2.49 bits per heavy atom. The summed E-state index contributed by atoms with van der Waals surface area (Å²) in [5.41, 5.74) is 2.02. The molecule has 11 heteroatoms. The van der Waals surface area contributed by atoms with E-state index in [1.807, 2.05) is 9.80 Å². The van der Waals surface area contributed by atoms with E-state index in [0.29, 0.717) is 79.0 Å². The minimum Gasteiger partial charge on any atom is -0.355 e. The molecule has 4 aliphatic rings. The average Bonchev–Trinajstić information content (AvgIpc) is 3.16. The summed E-state index contributed by atoms with van der Waals surface area (Å²) in [7, 11) is 1.40. The van der Waals surface area contributed by atoms with Gasteiger partial charge < -0.3 is 14.7 Å². The van der Waals surface area contributed by atoms with Gasteiger partial charge in [-0.15, -0.1) is 0 Å². The second-order valence-corrected chi connectivity index (χ2v) is 10.6. The standard InChI is InChI=1S/C28H30ClF3N6O/c1-35-24-6-2-4-19(17-33)16-23(24)25(34-27(35)28(30,31)32)38-11-3-5-22(18-38)36-12-14-37(15-13-36)26(39)20-7-9-21(29)10-8-20/h4,6-10,16,22,27H,2-3,5,11-15,18H2,1H3/t22-,27?/m1/s1. The van der Waals surface area contributed by atoms with E-state index in [9.17, 15) is 23.2 Å². The number of carbonyl (C=O) groups is 1. The normalized spacial score (nSPS) is 24.6. The highest BCUT2D eigenvalue weighted by molar-refractivity contribution is 6.30. The van der Waals surface area contributed by atoms with Gasteiger partial charge in [-0.25, -0.2) is 4.99 Å². The van der Waals surface area contributed by atoms with Crippen molar-refractivity contribution in [3.05, 3.63) is 69.9 Å². The molecule has 0 aromatic heterocycles. The molecule has 5 rings (SSSR count). The van der Waals surface area contributed by atoms with Crippen molar-refractivity contribution in [3.8, 4) is 6.07 Å². The van der Waals surface area contributed by atoms with Crippen molar-refractivity contribution in [1.82, 2.24) is 19.6 Å². The fourth-order valence-corrected chi connectivity index (χ4v) is 5.87. The monoisotopic (exact) mass is 558 g/mol. The zero-order valence-electron chi connectivity index (χ0n) is 21.7. The third-order valence-corrected chi connectivity index (χ3v) is 8.04. The van der Waals surface area contributed by atoms with Gasteiger partial charge in [0.25, 0.3) is 5.91 Å². The number of piperidine rings is 1. The van der Waals surface area contributed by atoms with Crippen molar-refractivity contribution in [3.63, 3.8) is 0 Å². The highest BCUT2D eigenvalue weighted by Crippen LogP contribution is 2.37. The highest BCUT2D eigenvalue weighted by atomic mass is 35.5. The van der Waals surface area contributed by atoms with Crippen molar-refractivity contribution in [2.24, 2.45) is 4.99 Å². The molecule has 2 saturated heterocycles. The average molecular weight is 559 g/mol. The van der Waals surface area contributed by atoms with Crippen molar-refractivity contribution < 1.29 is 18.0 Å². The second-order valence-electron chi connectivity index (χ2n) is 10.2. The summed E-state index contributed by atoms with van der Waals surface area (Å²) in [4.78, 5) is 24.4. The smallest absolute Gasteiger partial charge is 0.355 e. The van der Waals surface area contributed by atoms with Gasteiger partial charge in [0.1, 0.15) is 5.84 Å². The second kappa shape index (κ2) is 11.1. The number of nitriles is 1. The van der Waals surface area contributed by atoms with Gasteiger partial charge >= 0.3 is 6.18 Å². The minimum absolute atomic E-state index is 0.0311. The zero-order chi connectivity index (χ0) is 27.7. The number of rotatable bonds is 2. The summed E-state index contributed by atoms with van der Waals surface area (Å²) < 4.78 is 42.1. The molecule has 3 heterocycles. The van der Waals surface area contributed by atoms with Crippen molar-refractivity contribution in [1.29, 1.82) is 5.26 Å². The van der Waals surface area contributed by atoms with Gasteiger partial charge in [0.2, 0.25) is 6.17 Å². The van der Waals surface area contributed by atoms with Crippen LogP contribution in [0.1, 0.15) is 29.6 Å². The number of likely N-dealkylation sites (N-methyl/N-ethyl adjacent to an activating group) is 1. The maximum absolute atomic E-state index is 14.0. The van der Waals surface area contributed by atoms with E-state index in [2.05, 4.69) is 16.0 Å². The topological polar surface area (TPSA) is 66.2 Å². The molecule has 0 bridgehead atoms. The Morgan fingerprint density at radius 2 is 1.82 bits per heavy atom. The quantitative estimate of drug-likeness (QED) is 0.536. The van der Waals surface area contributed by atoms with E-state index < -0.39 is 12.3 Å². The number of alkyl halides is 3. The first-order valence-electron chi connectivity index (χ1n) is 13.1. The Kier molecular flexibility index (Phi) is 7.74. The summed E-state index contributed by atoms with van der Waals surface area (Å²) in [6, 6.07) is 9.13. The Bertz CT molecular complexity index is 1270. The van der Waals surface area contributed by atoms with Crippen LogP contribution in [0.25, 0.3) is 0 Å². The molecular formula is C28H30ClF3N6O. The number of piperazine rings is 1. The summed E-state index contributed by atoms with van der Waals surface area (Å²) in [6.07, 6.45) is 0.705. The van der Waals surface area contributed by atoms with E-state index in [1.165, 1.54) is 7.05 Å². The molecule has 0 spiro atoms. The van der Waals surface area contributed by atoms with Crippen molar-refractivity contribution in [2.45, 2.75) is 37.6 Å². The molecule has 1 aliphatic carbocycles. The lowest BCUT2D eigenvalue weighted by atomic mass is 9.99. The molecule has 3 aliphatic heterocycles. The largest absolute Gasteiger partial charge is 0.429 e. The number of likely N-dealkylation sites (tertiary alicyclic amines) is 1. The van der Waals surface area contributed by atoms with Crippen LogP contribution in [-0.2, 0) is 0 Å². The molecule has 0 N–H and O–H groups in total. The fourth-order valence-electron chi connectivity index (χ4n) is 5.75. The molecule has 0 radical (unpaired) electrons. The number of fused-ring (bicyclic) bond motifs is 1. The number of amidine groups is 1. The third kappa shape index (κ3) is 5.70. The Morgan fingerprint density at radius 1 is 1.10 bits per heavy atom. The van der Waals surface area contributed by atoms with Crippen LogP contribution in [-0.4, -0.2) is 96.0 Å². The van der Waals surface area contributed by atoms with Crippen LogP contribution in [0.3, 0.4) is 0 Å². The summed E-state index contributed by atoms with van der Waals surface area (Å²) in [6.45, 7) is 3.66. The maximum Gasteiger partial charge on any atom is 0.429 e. The molecule has 39 heavy (non-hydrogen) atoms. The number of nitrogens with zero attached hydrogens (tertiary/aromatic N) is 6. The lowest BCUT2D eigenvalue weighted by Gasteiger charge is -2.46. The third-order valence-electron chi connectivity index (χ3n) is 7.78. The zero-order valence-corrected chi connectivity index (χ0v) is 22.4. The molecule has 0 saturated carbocycles. The Balaban J connectivity index is 1.33. The predicted octanol–water partition coefficient (Wildman–Crippen LogP) is 4.46. The molecule has 2 fully saturated rings. The SMILES string of the molecule is CN1C2=CCC=C(C#N)C=C2C(N2CCC[C@@H](N3CCN(C(=O)c4ccc(Cl)cc4)CC3)C2)=NC1C(F)(F)F. The van der Waals surface area contributed by atoms with E-state index in [1.54, 1.807) is 42.5 Å².